The predicted molar refractivity (Wildman–Crippen MR) is 82.8 cm³/mol. The zero-order valence-corrected chi connectivity index (χ0v) is 13.1. The highest BCUT2D eigenvalue weighted by molar-refractivity contribution is 7.11. The van der Waals surface area contributed by atoms with Gasteiger partial charge in [-0.3, -0.25) is 0 Å². The first-order valence-electron chi connectivity index (χ1n) is 6.35. The lowest BCUT2D eigenvalue weighted by atomic mass is 9.98. The fourth-order valence-electron chi connectivity index (χ4n) is 1.67. The summed E-state index contributed by atoms with van der Waals surface area (Å²) in [4.78, 5) is 5.76. The number of benzene rings is 1. The summed E-state index contributed by atoms with van der Waals surface area (Å²) in [5.74, 6) is 0. The van der Waals surface area contributed by atoms with E-state index in [1.165, 1.54) is 15.4 Å². The van der Waals surface area contributed by atoms with Crippen molar-refractivity contribution in [3.8, 4) is 0 Å². The number of nitrogens with one attached hydrogen (secondary N) is 1. The van der Waals surface area contributed by atoms with E-state index in [4.69, 9.17) is 11.6 Å². The van der Waals surface area contributed by atoms with E-state index in [0.29, 0.717) is 0 Å². The largest absolute Gasteiger partial charge is 0.308 e. The minimum Gasteiger partial charge on any atom is -0.308 e. The summed E-state index contributed by atoms with van der Waals surface area (Å²) in [6, 6.07) is 7.93. The minimum atomic E-state index is 0.138. The van der Waals surface area contributed by atoms with Gasteiger partial charge in [-0.2, -0.15) is 0 Å². The van der Waals surface area contributed by atoms with Crippen molar-refractivity contribution < 1.29 is 0 Å². The molecule has 0 aliphatic carbocycles. The molecule has 0 amide bonds. The lowest BCUT2D eigenvalue weighted by Crippen LogP contribution is -2.11. The lowest BCUT2D eigenvalue weighted by molar-refractivity contribution is 0.585. The van der Waals surface area contributed by atoms with Gasteiger partial charge >= 0.3 is 0 Å². The van der Waals surface area contributed by atoms with Crippen LogP contribution in [0.5, 0.6) is 0 Å². The third-order valence-corrected chi connectivity index (χ3v) is 4.41. The molecule has 2 nitrogen and oxygen atoms in total. The molecule has 1 aromatic heterocycles. The van der Waals surface area contributed by atoms with E-state index in [9.17, 15) is 0 Å². The summed E-state index contributed by atoms with van der Waals surface area (Å²) < 4.78 is 0. The summed E-state index contributed by atoms with van der Waals surface area (Å²) in [5.41, 5.74) is 1.38. The zero-order chi connectivity index (χ0) is 13.9. The number of thiazole rings is 1. The van der Waals surface area contributed by atoms with Crippen LogP contribution in [0, 0.1) is 0 Å². The molecule has 0 spiro atoms. The maximum atomic E-state index is 5.86. The molecular weight excluding hydrogens is 276 g/mol. The van der Waals surface area contributed by atoms with Crippen LogP contribution in [0.1, 0.15) is 36.2 Å². The average Bonchev–Trinajstić information content (AvgIpc) is 2.80. The van der Waals surface area contributed by atoms with Crippen molar-refractivity contribution >= 4 is 22.9 Å². The van der Waals surface area contributed by atoms with Gasteiger partial charge in [0.1, 0.15) is 0 Å². The van der Waals surface area contributed by atoms with E-state index in [1.807, 2.05) is 30.5 Å². The summed E-state index contributed by atoms with van der Waals surface area (Å²) >= 11 is 7.64. The molecule has 2 rings (SSSR count). The number of aromatic nitrogens is 1. The Bertz CT molecular complexity index is 526. The fourth-order valence-corrected chi connectivity index (χ4v) is 2.73. The van der Waals surface area contributed by atoms with E-state index in [-0.39, 0.29) is 5.41 Å². The molecule has 19 heavy (non-hydrogen) atoms. The first-order valence-corrected chi connectivity index (χ1v) is 7.55. The van der Waals surface area contributed by atoms with Crippen LogP contribution in [-0.2, 0) is 18.5 Å². The molecule has 4 heteroatoms. The molecule has 0 aliphatic heterocycles. The number of halogens is 1. The molecule has 0 saturated carbocycles. The van der Waals surface area contributed by atoms with Gasteiger partial charge in [-0.15, -0.1) is 11.3 Å². The molecule has 1 aromatic carbocycles. The van der Waals surface area contributed by atoms with Gasteiger partial charge in [0.25, 0.3) is 0 Å². The fraction of sp³-hybridized carbons (Fsp3) is 0.400. The SMILES string of the molecule is CC(C)(C)c1ncc(CNCc2ccc(Cl)cc2)s1. The molecule has 0 radical (unpaired) electrons. The van der Waals surface area contributed by atoms with Gasteiger partial charge in [-0.1, -0.05) is 44.5 Å². The average molecular weight is 295 g/mol. The first-order chi connectivity index (χ1) is 8.95. The van der Waals surface area contributed by atoms with Crippen LogP contribution in [0.25, 0.3) is 0 Å². The van der Waals surface area contributed by atoms with Crippen molar-refractivity contribution in [2.75, 3.05) is 0 Å². The Morgan fingerprint density at radius 2 is 1.84 bits per heavy atom. The van der Waals surface area contributed by atoms with Crippen LogP contribution in [0.3, 0.4) is 0 Å². The number of rotatable bonds is 4. The van der Waals surface area contributed by atoms with Crippen molar-refractivity contribution in [1.82, 2.24) is 10.3 Å². The molecule has 0 saturated heterocycles. The standard InChI is InChI=1S/C15H19ClN2S/c1-15(2,3)14-18-10-13(19-14)9-17-8-11-4-6-12(16)7-5-11/h4-7,10,17H,8-9H2,1-3H3. The van der Waals surface area contributed by atoms with Gasteiger partial charge in [0, 0.05) is 34.6 Å². The first kappa shape index (κ1) is 14.5. The zero-order valence-electron chi connectivity index (χ0n) is 11.5. The van der Waals surface area contributed by atoms with Crippen molar-refractivity contribution in [1.29, 1.82) is 0 Å². The number of hydrogen-bond acceptors (Lipinski definition) is 3. The molecule has 1 N–H and O–H groups in total. The quantitative estimate of drug-likeness (QED) is 0.905. The van der Waals surface area contributed by atoms with Gasteiger partial charge in [-0.25, -0.2) is 4.98 Å². The topological polar surface area (TPSA) is 24.9 Å². The number of nitrogens with zero attached hydrogens (tertiary/aromatic N) is 1. The second-order valence-corrected chi connectivity index (χ2v) is 7.16. The van der Waals surface area contributed by atoms with Crippen LogP contribution in [0.15, 0.2) is 30.5 Å². The second-order valence-electron chi connectivity index (χ2n) is 5.61. The highest BCUT2D eigenvalue weighted by Gasteiger charge is 2.17. The highest BCUT2D eigenvalue weighted by atomic mass is 35.5. The molecule has 0 fully saturated rings. The maximum Gasteiger partial charge on any atom is 0.0981 e. The molecule has 2 aromatic rings. The van der Waals surface area contributed by atoms with Gasteiger partial charge < -0.3 is 5.32 Å². The van der Waals surface area contributed by atoms with Gasteiger partial charge in [0.05, 0.1) is 5.01 Å². The maximum absolute atomic E-state index is 5.86. The molecule has 0 unspecified atom stereocenters. The van der Waals surface area contributed by atoms with Crippen molar-refractivity contribution in [2.45, 2.75) is 39.3 Å². The summed E-state index contributed by atoms with van der Waals surface area (Å²) in [6.07, 6.45) is 1.97. The van der Waals surface area contributed by atoms with E-state index in [0.717, 1.165) is 18.1 Å². The molecule has 0 aliphatic rings. The highest BCUT2D eigenvalue weighted by Crippen LogP contribution is 2.26. The Labute approximate surface area is 123 Å². The molecule has 1 heterocycles. The van der Waals surface area contributed by atoms with Crippen LogP contribution in [0.2, 0.25) is 5.02 Å². The predicted octanol–water partition coefficient (Wildman–Crippen LogP) is 4.38. The summed E-state index contributed by atoms with van der Waals surface area (Å²) in [6.45, 7) is 8.28. The normalized spacial score (nSPS) is 11.8. The Hall–Kier alpha value is -0.900. The van der Waals surface area contributed by atoms with E-state index >= 15 is 0 Å². The summed E-state index contributed by atoms with van der Waals surface area (Å²) in [5, 5.41) is 5.40. The van der Waals surface area contributed by atoms with Crippen LogP contribution < -0.4 is 5.32 Å². The molecule has 102 valence electrons. The van der Waals surface area contributed by atoms with Gasteiger partial charge in [0.15, 0.2) is 0 Å². The third kappa shape index (κ3) is 4.30. The Morgan fingerprint density at radius 1 is 1.16 bits per heavy atom. The lowest BCUT2D eigenvalue weighted by Gasteiger charge is -2.13. The van der Waals surface area contributed by atoms with Crippen LogP contribution in [-0.4, -0.2) is 4.98 Å². The smallest absolute Gasteiger partial charge is 0.0981 e. The minimum absolute atomic E-state index is 0.138. The third-order valence-electron chi connectivity index (χ3n) is 2.74. The van der Waals surface area contributed by atoms with Crippen molar-refractivity contribution in [3.63, 3.8) is 0 Å². The van der Waals surface area contributed by atoms with E-state index in [1.54, 1.807) is 11.3 Å². The Balaban J connectivity index is 1.86. The van der Waals surface area contributed by atoms with Crippen LogP contribution >= 0.6 is 22.9 Å². The van der Waals surface area contributed by atoms with E-state index < -0.39 is 0 Å². The summed E-state index contributed by atoms with van der Waals surface area (Å²) in [7, 11) is 0. The van der Waals surface area contributed by atoms with Crippen molar-refractivity contribution in [3.05, 3.63) is 50.9 Å². The molecular formula is C15H19ClN2S. The van der Waals surface area contributed by atoms with E-state index in [2.05, 4.69) is 31.1 Å². The van der Waals surface area contributed by atoms with Crippen molar-refractivity contribution in [2.24, 2.45) is 0 Å². The van der Waals surface area contributed by atoms with Crippen LogP contribution in [0.4, 0.5) is 0 Å². The Kier molecular flexibility index (Phi) is 4.61. The van der Waals surface area contributed by atoms with Gasteiger partial charge in [-0.05, 0) is 17.7 Å². The molecule has 0 bridgehead atoms. The number of hydrogen-bond donors (Lipinski definition) is 1. The monoisotopic (exact) mass is 294 g/mol. The second kappa shape index (κ2) is 6.04. The Morgan fingerprint density at radius 3 is 2.42 bits per heavy atom. The molecule has 0 atom stereocenters. The van der Waals surface area contributed by atoms with Gasteiger partial charge in [0.2, 0.25) is 0 Å².